The summed E-state index contributed by atoms with van der Waals surface area (Å²) in [7, 11) is 0. The molecule has 0 saturated carbocycles. The molecule has 1 rings (SSSR count). The number of aliphatic carboxylic acids is 1. The number of urea groups is 1. The fourth-order valence-electron chi connectivity index (χ4n) is 2.29. The minimum atomic E-state index is -0.981. The number of amides is 3. The molecule has 0 aromatic carbocycles. The average Bonchev–Trinajstić information content (AvgIpc) is 2.78. The standard InChI is InChI=1S/C13H23N3O4/c1-3-6-14-10(17)4-7-15-13(20)16-8-5-9(2)11(16)12(18)19/h9,11H,3-8H2,1-2H3,(H,14,17)(H,15,20)(H,18,19). The van der Waals surface area contributed by atoms with E-state index in [1.165, 1.54) is 4.90 Å². The molecule has 3 N–H and O–H groups in total. The summed E-state index contributed by atoms with van der Waals surface area (Å²) in [5.41, 5.74) is 0. The third-order valence-corrected chi connectivity index (χ3v) is 3.41. The van der Waals surface area contributed by atoms with E-state index in [0.29, 0.717) is 19.5 Å². The number of carbonyl (C=O) groups excluding carboxylic acids is 2. The Hall–Kier alpha value is -1.79. The molecule has 0 aliphatic carbocycles. The van der Waals surface area contributed by atoms with Gasteiger partial charge in [-0.2, -0.15) is 0 Å². The SMILES string of the molecule is CCCNC(=O)CCNC(=O)N1CCC(C)C1C(=O)O. The summed E-state index contributed by atoms with van der Waals surface area (Å²) in [6.07, 6.45) is 1.75. The van der Waals surface area contributed by atoms with E-state index in [4.69, 9.17) is 5.11 Å². The molecular formula is C13H23N3O4. The Balaban J connectivity index is 2.36. The zero-order valence-electron chi connectivity index (χ0n) is 12.0. The number of likely N-dealkylation sites (tertiary alicyclic amines) is 1. The van der Waals surface area contributed by atoms with E-state index >= 15 is 0 Å². The second kappa shape index (κ2) is 7.72. The maximum absolute atomic E-state index is 11.9. The van der Waals surface area contributed by atoms with Crippen molar-refractivity contribution in [2.45, 2.75) is 39.2 Å². The predicted octanol–water partition coefficient (Wildman–Crippen LogP) is 0.407. The van der Waals surface area contributed by atoms with Crippen LogP contribution >= 0.6 is 0 Å². The zero-order chi connectivity index (χ0) is 15.1. The van der Waals surface area contributed by atoms with Crippen LogP contribution in [0.3, 0.4) is 0 Å². The van der Waals surface area contributed by atoms with E-state index in [1.54, 1.807) is 0 Å². The van der Waals surface area contributed by atoms with Crippen molar-refractivity contribution in [2.75, 3.05) is 19.6 Å². The van der Waals surface area contributed by atoms with Crippen LogP contribution in [0.15, 0.2) is 0 Å². The largest absolute Gasteiger partial charge is 0.480 e. The van der Waals surface area contributed by atoms with Crippen LogP contribution in [0.25, 0.3) is 0 Å². The fraction of sp³-hybridized carbons (Fsp3) is 0.769. The van der Waals surface area contributed by atoms with Gasteiger partial charge in [-0.3, -0.25) is 4.79 Å². The van der Waals surface area contributed by atoms with Crippen molar-refractivity contribution >= 4 is 17.9 Å². The molecular weight excluding hydrogens is 262 g/mol. The molecule has 20 heavy (non-hydrogen) atoms. The van der Waals surface area contributed by atoms with Crippen LogP contribution in [0.2, 0.25) is 0 Å². The van der Waals surface area contributed by atoms with Gasteiger partial charge >= 0.3 is 12.0 Å². The van der Waals surface area contributed by atoms with Gasteiger partial charge < -0.3 is 20.6 Å². The molecule has 1 aliphatic heterocycles. The molecule has 2 unspecified atom stereocenters. The van der Waals surface area contributed by atoms with Gasteiger partial charge in [0.15, 0.2) is 0 Å². The van der Waals surface area contributed by atoms with Gasteiger partial charge in [0.05, 0.1) is 0 Å². The topological polar surface area (TPSA) is 98.7 Å². The minimum Gasteiger partial charge on any atom is -0.480 e. The highest BCUT2D eigenvalue weighted by Gasteiger charge is 2.39. The number of hydrogen-bond donors (Lipinski definition) is 3. The lowest BCUT2D eigenvalue weighted by Crippen LogP contribution is -2.48. The summed E-state index contributed by atoms with van der Waals surface area (Å²) in [6, 6.07) is -1.19. The number of hydrogen-bond acceptors (Lipinski definition) is 3. The Kier molecular flexibility index (Phi) is 6.27. The van der Waals surface area contributed by atoms with Crippen LogP contribution < -0.4 is 10.6 Å². The first-order valence-corrected chi connectivity index (χ1v) is 7.01. The van der Waals surface area contributed by atoms with E-state index < -0.39 is 18.0 Å². The monoisotopic (exact) mass is 285 g/mol. The quantitative estimate of drug-likeness (QED) is 0.658. The van der Waals surface area contributed by atoms with E-state index in [9.17, 15) is 14.4 Å². The number of carbonyl (C=O) groups is 3. The summed E-state index contributed by atoms with van der Waals surface area (Å²) < 4.78 is 0. The van der Waals surface area contributed by atoms with Gasteiger partial charge in [0.25, 0.3) is 0 Å². The van der Waals surface area contributed by atoms with Gasteiger partial charge in [-0.05, 0) is 18.8 Å². The smallest absolute Gasteiger partial charge is 0.326 e. The lowest BCUT2D eigenvalue weighted by atomic mass is 10.0. The molecule has 1 heterocycles. The second-order valence-corrected chi connectivity index (χ2v) is 5.07. The number of nitrogens with zero attached hydrogens (tertiary/aromatic N) is 1. The van der Waals surface area contributed by atoms with Crippen LogP contribution in [0, 0.1) is 5.92 Å². The molecule has 114 valence electrons. The Morgan fingerprint density at radius 2 is 1.95 bits per heavy atom. The van der Waals surface area contributed by atoms with Crippen molar-refractivity contribution in [2.24, 2.45) is 5.92 Å². The van der Waals surface area contributed by atoms with Gasteiger partial charge in [-0.15, -0.1) is 0 Å². The van der Waals surface area contributed by atoms with Crippen LogP contribution in [0.5, 0.6) is 0 Å². The van der Waals surface area contributed by atoms with E-state index in [-0.39, 0.29) is 24.8 Å². The molecule has 1 aliphatic rings. The average molecular weight is 285 g/mol. The lowest BCUT2D eigenvalue weighted by molar-refractivity contribution is -0.142. The molecule has 0 aromatic heterocycles. The molecule has 0 bridgehead atoms. The molecule has 7 heteroatoms. The van der Waals surface area contributed by atoms with Crippen molar-refractivity contribution in [3.8, 4) is 0 Å². The summed E-state index contributed by atoms with van der Waals surface area (Å²) in [5.74, 6) is -1.14. The molecule has 0 spiro atoms. The van der Waals surface area contributed by atoms with Gasteiger partial charge in [0.1, 0.15) is 6.04 Å². The molecule has 0 aromatic rings. The van der Waals surface area contributed by atoms with Crippen molar-refractivity contribution in [1.29, 1.82) is 0 Å². The number of carboxylic acid groups (broad SMARTS) is 1. The molecule has 1 fully saturated rings. The van der Waals surface area contributed by atoms with E-state index in [2.05, 4.69) is 10.6 Å². The second-order valence-electron chi connectivity index (χ2n) is 5.07. The van der Waals surface area contributed by atoms with Crippen LogP contribution in [0.4, 0.5) is 4.79 Å². The van der Waals surface area contributed by atoms with Gasteiger partial charge in [0.2, 0.25) is 5.91 Å². The van der Waals surface area contributed by atoms with E-state index in [0.717, 1.165) is 6.42 Å². The third-order valence-electron chi connectivity index (χ3n) is 3.41. The van der Waals surface area contributed by atoms with Gasteiger partial charge in [0, 0.05) is 26.1 Å². The Labute approximate surface area is 118 Å². The van der Waals surface area contributed by atoms with Crippen LogP contribution in [-0.4, -0.2) is 53.6 Å². The summed E-state index contributed by atoms with van der Waals surface area (Å²) in [4.78, 5) is 35.8. The highest BCUT2D eigenvalue weighted by atomic mass is 16.4. The fourth-order valence-corrected chi connectivity index (χ4v) is 2.29. The maximum atomic E-state index is 11.9. The number of nitrogens with one attached hydrogen (secondary N) is 2. The molecule has 0 radical (unpaired) electrons. The molecule has 2 atom stereocenters. The minimum absolute atomic E-state index is 0.0499. The first-order valence-electron chi connectivity index (χ1n) is 7.01. The predicted molar refractivity (Wildman–Crippen MR) is 73.2 cm³/mol. The maximum Gasteiger partial charge on any atom is 0.326 e. The molecule has 7 nitrogen and oxygen atoms in total. The first-order chi connectivity index (χ1) is 9.47. The first kappa shape index (κ1) is 16.3. The van der Waals surface area contributed by atoms with Crippen molar-refractivity contribution in [3.05, 3.63) is 0 Å². The summed E-state index contributed by atoms with van der Waals surface area (Å²) in [5, 5.41) is 14.4. The van der Waals surface area contributed by atoms with Crippen molar-refractivity contribution < 1.29 is 19.5 Å². The van der Waals surface area contributed by atoms with Crippen molar-refractivity contribution in [3.63, 3.8) is 0 Å². The number of rotatable bonds is 6. The van der Waals surface area contributed by atoms with Crippen LogP contribution in [-0.2, 0) is 9.59 Å². The van der Waals surface area contributed by atoms with Gasteiger partial charge in [-0.25, -0.2) is 9.59 Å². The third kappa shape index (κ3) is 4.40. The molecule has 1 saturated heterocycles. The number of carboxylic acids is 1. The Morgan fingerprint density at radius 1 is 1.25 bits per heavy atom. The molecule has 3 amide bonds. The lowest BCUT2D eigenvalue weighted by Gasteiger charge is -2.23. The Bertz CT molecular complexity index is 373. The summed E-state index contributed by atoms with van der Waals surface area (Å²) in [6.45, 7) is 5.06. The highest BCUT2D eigenvalue weighted by Crippen LogP contribution is 2.23. The summed E-state index contributed by atoms with van der Waals surface area (Å²) >= 11 is 0. The van der Waals surface area contributed by atoms with Crippen LogP contribution in [0.1, 0.15) is 33.1 Å². The van der Waals surface area contributed by atoms with E-state index in [1.807, 2.05) is 13.8 Å². The Morgan fingerprint density at radius 3 is 2.55 bits per heavy atom. The van der Waals surface area contributed by atoms with Gasteiger partial charge in [-0.1, -0.05) is 13.8 Å². The highest BCUT2D eigenvalue weighted by molar-refractivity contribution is 5.84. The normalized spacial score (nSPS) is 21.6. The zero-order valence-corrected chi connectivity index (χ0v) is 12.0. The van der Waals surface area contributed by atoms with Crippen molar-refractivity contribution in [1.82, 2.24) is 15.5 Å².